The van der Waals surface area contributed by atoms with Crippen LogP contribution in [0.1, 0.15) is 13.8 Å². The highest BCUT2D eigenvalue weighted by atomic mass is 32.2. The first kappa shape index (κ1) is 15.0. The van der Waals surface area contributed by atoms with Crippen molar-refractivity contribution in [3.8, 4) is 0 Å². The Bertz CT molecular complexity index is 512. The van der Waals surface area contributed by atoms with E-state index in [1.54, 1.807) is 26.0 Å². The van der Waals surface area contributed by atoms with Gasteiger partial charge in [0.05, 0.1) is 5.41 Å². The number of aromatic nitrogens is 1. The molecule has 1 N–H and O–H groups in total. The Balaban J connectivity index is 2.88. The van der Waals surface area contributed by atoms with Crippen molar-refractivity contribution >= 4 is 27.7 Å². The normalized spacial score (nSPS) is 12.2. The van der Waals surface area contributed by atoms with E-state index in [0.717, 1.165) is 0 Å². The molecule has 0 spiro atoms. The minimum atomic E-state index is -3.88. The monoisotopic (exact) mass is 288 g/mol. The van der Waals surface area contributed by atoms with Crippen LogP contribution in [0.5, 0.6) is 0 Å². The largest absolute Gasteiger partial charge is 0.281 e. The molecule has 1 aromatic heterocycles. The van der Waals surface area contributed by atoms with Crippen LogP contribution >= 0.6 is 11.8 Å². The lowest BCUT2D eigenvalue weighted by molar-refractivity contribution is -0.126. The molecule has 0 fully saturated rings. The van der Waals surface area contributed by atoms with E-state index < -0.39 is 21.3 Å². The van der Waals surface area contributed by atoms with E-state index in [2.05, 4.69) is 9.71 Å². The topological polar surface area (TPSA) is 76.1 Å². The van der Waals surface area contributed by atoms with Crippen molar-refractivity contribution in [3.05, 3.63) is 24.4 Å². The molecule has 7 heteroatoms. The van der Waals surface area contributed by atoms with Gasteiger partial charge in [-0.15, -0.1) is 0 Å². The zero-order chi connectivity index (χ0) is 13.8. The molecule has 1 rings (SSSR count). The number of hydrogen-bond donors (Lipinski definition) is 1. The van der Waals surface area contributed by atoms with Crippen molar-refractivity contribution in [2.24, 2.45) is 5.41 Å². The molecule has 0 aliphatic heterocycles. The van der Waals surface area contributed by atoms with Gasteiger partial charge in [-0.05, 0) is 18.4 Å². The molecular weight excluding hydrogens is 272 g/mol. The first-order chi connectivity index (χ1) is 8.29. The predicted molar refractivity (Wildman–Crippen MR) is 71.7 cm³/mol. The molecule has 100 valence electrons. The van der Waals surface area contributed by atoms with Crippen molar-refractivity contribution in [2.75, 3.05) is 12.0 Å². The van der Waals surface area contributed by atoms with Crippen LogP contribution in [0, 0.1) is 5.41 Å². The van der Waals surface area contributed by atoms with Crippen molar-refractivity contribution in [3.63, 3.8) is 0 Å². The zero-order valence-corrected chi connectivity index (χ0v) is 12.1. The number of rotatable bonds is 5. The first-order valence-corrected chi connectivity index (χ1v) is 8.14. The Morgan fingerprint density at radius 3 is 2.61 bits per heavy atom. The van der Waals surface area contributed by atoms with E-state index in [1.165, 1.54) is 24.0 Å². The highest BCUT2D eigenvalue weighted by Crippen LogP contribution is 2.21. The summed E-state index contributed by atoms with van der Waals surface area (Å²) in [4.78, 5) is 15.6. The lowest BCUT2D eigenvalue weighted by Gasteiger charge is -2.21. The molecular formula is C11H16N2O3S2. The van der Waals surface area contributed by atoms with Crippen LogP contribution in [0.25, 0.3) is 0 Å². The minimum absolute atomic E-state index is 0.154. The molecule has 5 nitrogen and oxygen atoms in total. The van der Waals surface area contributed by atoms with Crippen LogP contribution in [0.15, 0.2) is 29.4 Å². The third-order valence-corrected chi connectivity index (χ3v) is 4.52. The molecule has 1 aromatic rings. The third kappa shape index (κ3) is 3.71. The number of hydrogen-bond acceptors (Lipinski definition) is 5. The number of nitrogens with zero attached hydrogens (tertiary/aromatic N) is 1. The average molecular weight is 288 g/mol. The molecule has 18 heavy (non-hydrogen) atoms. The molecule has 0 saturated carbocycles. The van der Waals surface area contributed by atoms with E-state index >= 15 is 0 Å². The molecule has 0 saturated heterocycles. The van der Waals surface area contributed by atoms with Gasteiger partial charge in [-0.2, -0.15) is 20.2 Å². The van der Waals surface area contributed by atoms with Gasteiger partial charge in [-0.25, -0.2) is 9.71 Å². The van der Waals surface area contributed by atoms with Crippen molar-refractivity contribution in [1.82, 2.24) is 9.71 Å². The maximum absolute atomic E-state index is 11.9. The first-order valence-electron chi connectivity index (χ1n) is 5.27. The summed E-state index contributed by atoms with van der Waals surface area (Å²) in [5.41, 5.74) is -0.749. The number of thioether (sulfide) groups is 1. The molecule has 0 atom stereocenters. The second-order valence-electron chi connectivity index (χ2n) is 4.42. The fourth-order valence-corrected chi connectivity index (χ4v) is 3.18. The quantitative estimate of drug-likeness (QED) is 0.883. The third-order valence-electron chi connectivity index (χ3n) is 2.26. The maximum atomic E-state index is 11.9. The van der Waals surface area contributed by atoms with Gasteiger partial charge in [0.1, 0.15) is 0 Å². The van der Waals surface area contributed by atoms with Crippen molar-refractivity contribution in [1.29, 1.82) is 0 Å². The highest BCUT2D eigenvalue weighted by molar-refractivity contribution is 7.98. The van der Waals surface area contributed by atoms with Gasteiger partial charge in [0.2, 0.25) is 5.91 Å². The SMILES string of the molecule is CSCC(C)(C)C(=O)NS(=O)(=O)c1ccccn1. The number of amides is 1. The van der Waals surface area contributed by atoms with E-state index in [1.807, 2.05) is 6.26 Å². The summed E-state index contributed by atoms with van der Waals surface area (Å²) in [7, 11) is -3.88. The number of sulfonamides is 1. The summed E-state index contributed by atoms with van der Waals surface area (Å²) in [6, 6.07) is 4.51. The average Bonchev–Trinajstić information content (AvgIpc) is 2.29. The van der Waals surface area contributed by atoms with Crippen LogP contribution < -0.4 is 4.72 Å². The number of pyridine rings is 1. The number of carbonyl (C=O) groups is 1. The standard InChI is InChI=1S/C11H16N2O3S2/c1-11(2,8-17-3)10(14)13-18(15,16)9-6-4-5-7-12-9/h4-7H,8H2,1-3H3,(H,13,14). The fraction of sp³-hybridized carbons (Fsp3) is 0.455. The molecule has 0 aliphatic carbocycles. The summed E-state index contributed by atoms with van der Waals surface area (Å²) < 4.78 is 25.8. The van der Waals surface area contributed by atoms with E-state index in [-0.39, 0.29) is 5.03 Å². The van der Waals surface area contributed by atoms with E-state index in [0.29, 0.717) is 5.75 Å². The van der Waals surface area contributed by atoms with Gasteiger partial charge in [0.25, 0.3) is 10.0 Å². The fourth-order valence-electron chi connectivity index (χ4n) is 1.24. The molecule has 0 aliphatic rings. The Labute approximate surface area is 111 Å². The molecule has 0 unspecified atom stereocenters. The maximum Gasteiger partial charge on any atom is 0.281 e. The van der Waals surface area contributed by atoms with Crippen LogP contribution in [-0.2, 0) is 14.8 Å². The molecule has 0 radical (unpaired) electrons. The lowest BCUT2D eigenvalue weighted by atomic mass is 9.96. The Morgan fingerprint density at radius 1 is 1.44 bits per heavy atom. The number of nitrogens with one attached hydrogen (secondary N) is 1. The molecule has 0 bridgehead atoms. The Kier molecular flexibility index (Phi) is 4.75. The predicted octanol–water partition coefficient (Wildman–Crippen LogP) is 1.28. The van der Waals surface area contributed by atoms with Crippen LogP contribution in [0.2, 0.25) is 0 Å². The second-order valence-corrected chi connectivity index (χ2v) is 6.91. The smallest absolute Gasteiger partial charge is 0.273 e. The second kappa shape index (κ2) is 5.71. The van der Waals surface area contributed by atoms with Crippen LogP contribution in [0.3, 0.4) is 0 Å². The van der Waals surface area contributed by atoms with Gasteiger partial charge >= 0.3 is 0 Å². The van der Waals surface area contributed by atoms with Gasteiger partial charge in [0.15, 0.2) is 5.03 Å². The number of carbonyl (C=O) groups excluding carboxylic acids is 1. The Morgan fingerprint density at radius 2 is 2.11 bits per heavy atom. The molecule has 1 heterocycles. The molecule has 1 amide bonds. The van der Waals surface area contributed by atoms with E-state index in [4.69, 9.17) is 0 Å². The van der Waals surface area contributed by atoms with Crippen molar-refractivity contribution < 1.29 is 13.2 Å². The van der Waals surface area contributed by atoms with Crippen molar-refractivity contribution in [2.45, 2.75) is 18.9 Å². The highest BCUT2D eigenvalue weighted by Gasteiger charge is 2.31. The zero-order valence-electron chi connectivity index (χ0n) is 10.5. The Hall–Kier alpha value is -1.08. The van der Waals surface area contributed by atoms with Gasteiger partial charge in [-0.1, -0.05) is 19.9 Å². The minimum Gasteiger partial charge on any atom is -0.273 e. The summed E-state index contributed by atoms with van der Waals surface area (Å²) in [5, 5.41) is -0.154. The summed E-state index contributed by atoms with van der Waals surface area (Å²) in [6.07, 6.45) is 3.23. The van der Waals surface area contributed by atoms with Gasteiger partial charge < -0.3 is 0 Å². The summed E-state index contributed by atoms with van der Waals surface area (Å²) >= 11 is 1.49. The van der Waals surface area contributed by atoms with Crippen LogP contribution in [0.4, 0.5) is 0 Å². The van der Waals surface area contributed by atoms with Crippen LogP contribution in [-0.4, -0.2) is 31.3 Å². The summed E-state index contributed by atoms with van der Waals surface area (Å²) in [6.45, 7) is 3.40. The van der Waals surface area contributed by atoms with Gasteiger partial charge in [0, 0.05) is 11.9 Å². The van der Waals surface area contributed by atoms with Gasteiger partial charge in [-0.3, -0.25) is 4.79 Å². The van der Waals surface area contributed by atoms with E-state index in [9.17, 15) is 13.2 Å². The lowest BCUT2D eigenvalue weighted by Crippen LogP contribution is -2.42. The summed E-state index contributed by atoms with van der Waals surface area (Å²) in [5.74, 6) is 0.0128. The molecule has 0 aromatic carbocycles.